The molecule has 0 N–H and O–H groups in total. The maximum absolute atomic E-state index is 12.8. The van der Waals surface area contributed by atoms with Gasteiger partial charge in [-0.15, -0.1) is 0 Å². The molecule has 1 fully saturated rings. The van der Waals surface area contributed by atoms with Gasteiger partial charge in [-0.05, 0) is 55.7 Å². The molecule has 0 spiro atoms. The molecule has 8 nitrogen and oxygen atoms in total. The third-order valence-electron chi connectivity index (χ3n) is 5.26. The lowest BCUT2D eigenvalue weighted by molar-refractivity contribution is -0.133. The van der Waals surface area contributed by atoms with Gasteiger partial charge in [-0.1, -0.05) is 23.7 Å². The highest BCUT2D eigenvalue weighted by molar-refractivity contribution is 7.89. The van der Waals surface area contributed by atoms with Crippen LogP contribution in [0, 0.1) is 0 Å². The first-order chi connectivity index (χ1) is 15.7. The SMILES string of the molecule is CCOc1ccc(CN(C)C(=O)COC(=O)c2ccc(Cl)c(S(=O)(=O)N3CCCC3)c2)cc1. The minimum atomic E-state index is -3.80. The number of carbonyl (C=O) groups is 2. The van der Waals surface area contributed by atoms with Crippen LogP contribution in [0.5, 0.6) is 5.75 Å². The standard InChI is InChI=1S/C23H27ClN2O6S/c1-3-31-19-9-6-17(7-10-19)15-25(2)22(27)16-32-23(28)18-8-11-20(24)21(14-18)33(29,30)26-12-4-5-13-26/h6-11,14H,3-5,12-13,15-16H2,1-2H3. The maximum atomic E-state index is 12.8. The predicted octanol–water partition coefficient (Wildman–Crippen LogP) is 3.34. The fraction of sp³-hybridized carbons (Fsp3) is 0.391. The average molecular weight is 495 g/mol. The molecule has 2 aromatic carbocycles. The number of hydrogen-bond acceptors (Lipinski definition) is 6. The first-order valence-corrected chi connectivity index (χ1v) is 12.5. The summed E-state index contributed by atoms with van der Waals surface area (Å²) in [6.07, 6.45) is 1.57. The molecule has 0 radical (unpaired) electrons. The molecule has 10 heteroatoms. The van der Waals surface area contributed by atoms with Crippen molar-refractivity contribution in [3.63, 3.8) is 0 Å². The minimum absolute atomic E-state index is 0.0131. The lowest BCUT2D eigenvalue weighted by atomic mass is 10.2. The summed E-state index contributed by atoms with van der Waals surface area (Å²) in [5, 5.41) is 0.0321. The highest BCUT2D eigenvalue weighted by atomic mass is 35.5. The minimum Gasteiger partial charge on any atom is -0.494 e. The molecule has 178 valence electrons. The van der Waals surface area contributed by atoms with Gasteiger partial charge in [0, 0.05) is 26.7 Å². The molecule has 1 amide bonds. The zero-order valence-corrected chi connectivity index (χ0v) is 20.2. The van der Waals surface area contributed by atoms with E-state index in [1.54, 1.807) is 7.05 Å². The summed E-state index contributed by atoms with van der Waals surface area (Å²) in [6.45, 7) is 3.18. The largest absolute Gasteiger partial charge is 0.494 e. The summed E-state index contributed by atoms with van der Waals surface area (Å²) < 4.78 is 37.6. The fourth-order valence-corrected chi connectivity index (χ4v) is 5.45. The lowest BCUT2D eigenvalue weighted by Crippen LogP contribution is -2.31. The molecule has 1 aliphatic heterocycles. The number of amides is 1. The summed E-state index contributed by atoms with van der Waals surface area (Å²) in [5.74, 6) is -0.443. The number of rotatable bonds is 9. The second-order valence-electron chi connectivity index (χ2n) is 7.66. The van der Waals surface area contributed by atoms with Gasteiger partial charge in [0.2, 0.25) is 10.0 Å². The molecule has 33 heavy (non-hydrogen) atoms. The molecule has 0 aliphatic carbocycles. The quantitative estimate of drug-likeness (QED) is 0.496. The van der Waals surface area contributed by atoms with Gasteiger partial charge in [0.05, 0.1) is 17.2 Å². The number of ether oxygens (including phenoxy) is 2. The van der Waals surface area contributed by atoms with Gasteiger partial charge in [0.1, 0.15) is 10.6 Å². The van der Waals surface area contributed by atoms with E-state index in [0.29, 0.717) is 26.2 Å². The number of carbonyl (C=O) groups excluding carboxylic acids is 2. The Morgan fingerprint density at radius 2 is 1.76 bits per heavy atom. The number of sulfonamides is 1. The van der Waals surface area contributed by atoms with Crippen LogP contribution >= 0.6 is 11.6 Å². The summed E-state index contributed by atoms with van der Waals surface area (Å²) in [5.41, 5.74) is 0.911. The van der Waals surface area contributed by atoms with Gasteiger partial charge in [-0.25, -0.2) is 13.2 Å². The third kappa shape index (κ3) is 6.25. The highest BCUT2D eigenvalue weighted by Crippen LogP contribution is 2.28. The molecule has 0 saturated carbocycles. The number of halogens is 1. The first kappa shape index (κ1) is 25.0. The van der Waals surface area contributed by atoms with E-state index >= 15 is 0 Å². The smallest absolute Gasteiger partial charge is 0.338 e. The number of hydrogen-bond donors (Lipinski definition) is 0. The van der Waals surface area contributed by atoms with Gasteiger partial charge in [0.15, 0.2) is 6.61 Å². The van der Waals surface area contributed by atoms with Crippen molar-refractivity contribution in [1.82, 2.24) is 9.21 Å². The Kier molecular flexibility index (Phi) is 8.34. The molecule has 1 saturated heterocycles. The molecular weight excluding hydrogens is 468 g/mol. The van der Waals surface area contributed by atoms with E-state index in [4.69, 9.17) is 21.1 Å². The Bertz CT molecular complexity index is 1100. The Hall–Kier alpha value is -2.62. The maximum Gasteiger partial charge on any atom is 0.338 e. The van der Waals surface area contributed by atoms with Crippen LogP contribution in [-0.2, 0) is 26.1 Å². The molecule has 0 bridgehead atoms. The van der Waals surface area contributed by atoms with Crippen LogP contribution in [0.3, 0.4) is 0 Å². The van der Waals surface area contributed by atoms with Crippen molar-refractivity contribution in [1.29, 1.82) is 0 Å². The van der Waals surface area contributed by atoms with Crippen molar-refractivity contribution in [3.05, 3.63) is 58.6 Å². The number of benzene rings is 2. The Morgan fingerprint density at radius 1 is 1.09 bits per heavy atom. The van der Waals surface area contributed by atoms with Crippen molar-refractivity contribution in [2.24, 2.45) is 0 Å². The van der Waals surface area contributed by atoms with E-state index < -0.39 is 28.5 Å². The van der Waals surface area contributed by atoms with E-state index in [0.717, 1.165) is 24.2 Å². The van der Waals surface area contributed by atoms with Crippen LogP contribution in [0.1, 0.15) is 35.7 Å². The van der Waals surface area contributed by atoms with Gasteiger partial charge in [0.25, 0.3) is 5.91 Å². The Labute approximate surface area is 199 Å². The van der Waals surface area contributed by atoms with Crippen molar-refractivity contribution < 1.29 is 27.5 Å². The lowest BCUT2D eigenvalue weighted by Gasteiger charge is -2.18. The van der Waals surface area contributed by atoms with Crippen molar-refractivity contribution in [2.45, 2.75) is 31.2 Å². The van der Waals surface area contributed by atoms with Crippen molar-refractivity contribution in [2.75, 3.05) is 33.4 Å². The molecule has 0 unspecified atom stereocenters. The van der Waals surface area contributed by atoms with Gasteiger partial charge >= 0.3 is 5.97 Å². The van der Waals surface area contributed by atoms with E-state index in [9.17, 15) is 18.0 Å². The monoisotopic (exact) mass is 494 g/mol. The van der Waals surface area contributed by atoms with Crippen LogP contribution in [0.2, 0.25) is 5.02 Å². The molecule has 1 heterocycles. The van der Waals surface area contributed by atoms with E-state index in [2.05, 4.69) is 0 Å². The summed E-state index contributed by atoms with van der Waals surface area (Å²) in [7, 11) is -2.20. The fourth-order valence-electron chi connectivity index (χ4n) is 3.44. The summed E-state index contributed by atoms with van der Waals surface area (Å²) >= 11 is 6.11. The first-order valence-electron chi connectivity index (χ1n) is 10.6. The molecule has 2 aromatic rings. The number of nitrogens with zero attached hydrogens (tertiary/aromatic N) is 2. The average Bonchev–Trinajstić information content (AvgIpc) is 3.35. The molecular formula is C23H27ClN2O6S. The summed E-state index contributed by atoms with van der Waals surface area (Å²) in [6, 6.07) is 11.3. The highest BCUT2D eigenvalue weighted by Gasteiger charge is 2.30. The zero-order valence-electron chi connectivity index (χ0n) is 18.6. The summed E-state index contributed by atoms with van der Waals surface area (Å²) in [4.78, 5) is 26.2. The second-order valence-corrected chi connectivity index (χ2v) is 9.97. The van der Waals surface area contributed by atoms with Crippen LogP contribution in [0.15, 0.2) is 47.4 Å². The third-order valence-corrected chi connectivity index (χ3v) is 7.64. The van der Waals surface area contributed by atoms with Crippen LogP contribution in [-0.4, -0.2) is 62.9 Å². The molecule has 0 atom stereocenters. The van der Waals surface area contributed by atoms with Gasteiger partial charge < -0.3 is 14.4 Å². The molecule has 0 aromatic heterocycles. The molecule has 3 rings (SSSR count). The number of esters is 1. The normalized spacial score (nSPS) is 14.2. The second kappa shape index (κ2) is 11.0. The topological polar surface area (TPSA) is 93.2 Å². The predicted molar refractivity (Wildman–Crippen MR) is 124 cm³/mol. The van der Waals surface area contributed by atoms with E-state index in [1.165, 1.54) is 27.4 Å². The van der Waals surface area contributed by atoms with Crippen LogP contribution < -0.4 is 4.74 Å². The number of likely N-dealkylation sites (N-methyl/N-ethyl adjacent to an activating group) is 1. The van der Waals surface area contributed by atoms with Crippen molar-refractivity contribution >= 4 is 33.5 Å². The van der Waals surface area contributed by atoms with Crippen molar-refractivity contribution in [3.8, 4) is 5.75 Å². The van der Waals surface area contributed by atoms with Gasteiger partial charge in [-0.3, -0.25) is 4.79 Å². The zero-order chi connectivity index (χ0) is 24.0. The van der Waals surface area contributed by atoms with Crippen LogP contribution in [0.25, 0.3) is 0 Å². The Balaban J connectivity index is 1.60. The van der Waals surface area contributed by atoms with Crippen LogP contribution in [0.4, 0.5) is 0 Å². The molecule has 1 aliphatic rings. The van der Waals surface area contributed by atoms with Gasteiger partial charge in [-0.2, -0.15) is 4.31 Å². The van der Waals surface area contributed by atoms with E-state index in [1.807, 2.05) is 31.2 Å². The Morgan fingerprint density at radius 3 is 2.39 bits per heavy atom. The van der Waals surface area contributed by atoms with E-state index in [-0.39, 0.29) is 15.5 Å².